The van der Waals surface area contributed by atoms with Crippen molar-refractivity contribution >= 4 is 19.8 Å². The molecule has 0 aliphatic rings. The quantitative estimate of drug-likeness (QED) is 0.0185. The number of carbonyl (C=O) groups excluding carboxylic acids is 2. The molecule has 0 bridgehead atoms. The largest absolute Gasteiger partial charge is 0.469 e. The normalized spacial score (nSPS) is 13.8. The summed E-state index contributed by atoms with van der Waals surface area (Å²) in [6.07, 6.45) is 46.8. The minimum Gasteiger partial charge on any atom is -0.462 e. The first kappa shape index (κ1) is 51.5. The Morgan fingerprint density at radius 2 is 1.11 bits per heavy atom. The summed E-state index contributed by atoms with van der Waals surface area (Å²) in [6, 6.07) is 0. The lowest BCUT2D eigenvalue weighted by Crippen LogP contribution is -2.29. The number of aliphatic hydroxyl groups is 1. The maximum absolute atomic E-state index is 12.4. The summed E-state index contributed by atoms with van der Waals surface area (Å²) in [5.41, 5.74) is 0. The number of unbranched alkanes of at least 4 members (excludes halogenated alkanes) is 15. The van der Waals surface area contributed by atoms with Crippen molar-refractivity contribution in [3.05, 3.63) is 72.9 Å². The van der Waals surface area contributed by atoms with Crippen LogP contribution in [-0.2, 0) is 28.2 Å². The number of phosphoric acid groups is 1. The van der Waals surface area contributed by atoms with E-state index in [-0.39, 0.29) is 19.4 Å². The molecule has 0 aromatic rings. The predicted octanol–water partition coefficient (Wildman–Crippen LogP) is 11.7. The number of rotatable bonds is 37. The predicted molar refractivity (Wildman–Crippen MR) is 222 cm³/mol. The van der Waals surface area contributed by atoms with Crippen LogP contribution >= 0.6 is 7.82 Å². The summed E-state index contributed by atoms with van der Waals surface area (Å²) in [5, 5.41) is 9.81. The van der Waals surface area contributed by atoms with Crippen LogP contribution in [0.1, 0.15) is 168 Å². The molecule has 0 saturated heterocycles. The van der Waals surface area contributed by atoms with Crippen molar-refractivity contribution in [3.63, 3.8) is 0 Å². The zero-order chi connectivity index (χ0) is 39.8. The number of hydrogen-bond donors (Lipinski definition) is 3. The Morgan fingerprint density at radius 1 is 0.593 bits per heavy atom. The minimum absolute atomic E-state index is 0.0695. The fourth-order valence-electron chi connectivity index (χ4n) is 5.48. The average molecular weight is 779 g/mol. The number of ether oxygens (including phenoxy) is 2. The Hall–Kier alpha value is -2.55. The van der Waals surface area contributed by atoms with Crippen LogP contribution in [0.25, 0.3) is 0 Å². The monoisotopic (exact) mass is 779 g/mol. The minimum atomic E-state index is -4.79. The van der Waals surface area contributed by atoms with Crippen molar-refractivity contribution < 1.29 is 43.0 Å². The van der Waals surface area contributed by atoms with Gasteiger partial charge in [-0.25, -0.2) is 4.57 Å². The lowest BCUT2D eigenvalue weighted by molar-refractivity contribution is -0.161. The van der Waals surface area contributed by atoms with Gasteiger partial charge in [-0.1, -0.05) is 183 Å². The second kappa shape index (κ2) is 38.7. The highest BCUT2D eigenvalue weighted by molar-refractivity contribution is 7.46. The van der Waals surface area contributed by atoms with Crippen molar-refractivity contribution in [2.45, 2.75) is 180 Å². The van der Waals surface area contributed by atoms with E-state index in [0.29, 0.717) is 19.3 Å². The van der Waals surface area contributed by atoms with Crippen LogP contribution in [0.2, 0.25) is 0 Å². The molecule has 0 saturated carbocycles. The fraction of sp³-hybridized carbons (Fsp3) is 0.682. The van der Waals surface area contributed by atoms with Crippen LogP contribution in [0.3, 0.4) is 0 Å². The maximum atomic E-state index is 12.4. The van der Waals surface area contributed by atoms with Crippen LogP contribution in [0.4, 0.5) is 0 Å². The summed E-state index contributed by atoms with van der Waals surface area (Å²) in [4.78, 5) is 42.8. The van der Waals surface area contributed by atoms with Crippen molar-refractivity contribution in [3.8, 4) is 0 Å². The molecule has 0 aliphatic carbocycles. The molecule has 0 aliphatic heterocycles. The van der Waals surface area contributed by atoms with Gasteiger partial charge in [-0.2, -0.15) is 0 Å². The van der Waals surface area contributed by atoms with Gasteiger partial charge in [0.2, 0.25) is 0 Å². The molecule has 0 amide bonds. The van der Waals surface area contributed by atoms with Gasteiger partial charge in [0.25, 0.3) is 0 Å². The Bertz CT molecular complexity index is 1120. The fourth-order valence-corrected chi connectivity index (χ4v) is 5.84. The Balaban J connectivity index is 4.10. The van der Waals surface area contributed by atoms with E-state index < -0.39 is 38.6 Å². The number of allylic oxidation sites excluding steroid dienone is 10. The molecule has 54 heavy (non-hydrogen) atoms. The van der Waals surface area contributed by atoms with Gasteiger partial charge in [-0.05, 0) is 44.9 Å². The Labute approximate surface area is 328 Å². The first-order valence-corrected chi connectivity index (χ1v) is 22.4. The molecule has 0 heterocycles. The van der Waals surface area contributed by atoms with E-state index in [1.165, 1.54) is 77.0 Å². The van der Waals surface area contributed by atoms with Gasteiger partial charge in [0.1, 0.15) is 6.61 Å². The van der Waals surface area contributed by atoms with E-state index in [4.69, 9.17) is 19.3 Å². The zero-order valence-corrected chi connectivity index (χ0v) is 34.6. The third kappa shape index (κ3) is 40.6. The average Bonchev–Trinajstić information content (AvgIpc) is 3.13. The summed E-state index contributed by atoms with van der Waals surface area (Å²) in [5.74, 6) is -1.00. The molecule has 1 unspecified atom stereocenters. The first-order chi connectivity index (χ1) is 26.2. The van der Waals surface area contributed by atoms with E-state index in [2.05, 4.69) is 36.6 Å². The van der Waals surface area contributed by atoms with Crippen LogP contribution in [0.5, 0.6) is 0 Å². The molecule has 0 rings (SSSR count). The van der Waals surface area contributed by atoms with Crippen LogP contribution in [0.15, 0.2) is 72.9 Å². The molecule has 3 N–H and O–H groups in total. The summed E-state index contributed by atoms with van der Waals surface area (Å²) in [6.45, 7) is 3.42. The number of phosphoric ester groups is 1. The van der Waals surface area contributed by atoms with E-state index in [1.807, 2.05) is 48.6 Å². The van der Waals surface area contributed by atoms with Crippen LogP contribution < -0.4 is 0 Å². The number of hydrogen-bond acceptors (Lipinski definition) is 7. The SMILES string of the molecule is CC/C=C\CC(O)/C=C/C=C/C/C=C\C/C=C\C/C=C\CCC(=O)O[C@H](COC(=O)CCCCCCCCCCCCCCCCCC)COP(=O)(O)O. The summed E-state index contributed by atoms with van der Waals surface area (Å²) < 4.78 is 26.3. The third-order valence-corrected chi connectivity index (χ3v) is 9.07. The van der Waals surface area contributed by atoms with Gasteiger partial charge in [-0.3, -0.25) is 14.1 Å². The molecule has 9 nitrogen and oxygen atoms in total. The molecule has 10 heteroatoms. The first-order valence-electron chi connectivity index (χ1n) is 20.8. The maximum Gasteiger partial charge on any atom is 0.469 e. The second-order valence-corrected chi connectivity index (χ2v) is 15.0. The molecule has 0 fully saturated rings. The van der Waals surface area contributed by atoms with Crippen molar-refractivity contribution in [2.75, 3.05) is 13.2 Å². The number of aliphatic hydroxyl groups excluding tert-OH is 1. The van der Waals surface area contributed by atoms with E-state index in [1.54, 1.807) is 6.08 Å². The Kier molecular flexibility index (Phi) is 36.9. The Morgan fingerprint density at radius 3 is 1.65 bits per heavy atom. The zero-order valence-electron chi connectivity index (χ0n) is 33.7. The summed E-state index contributed by atoms with van der Waals surface area (Å²) >= 11 is 0. The lowest BCUT2D eigenvalue weighted by atomic mass is 10.0. The lowest BCUT2D eigenvalue weighted by Gasteiger charge is -2.18. The molecule has 310 valence electrons. The van der Waals surface area contributed by atoms with Gasteiger partial charge in [0.15, 0.2) is 6.10 Å². The van der Waals surface area contributed by atoms with Crippen LogP contribution in [0, 0.1) is 0 Å². The van der Waals surface area contributed by atoms with E-state index in [0.717, 1.165) is 44.9 Å². The van der Waals surface area contributed by atoms with Gasteiger partial charge in [-0.15, -0.1) is 0 Å². The van der Waals surface area contributed by atoms with Crippen molar-refractivity contribution in [1.29, 1.82) is 0 Å². The molecular formula is C44H75O9P. The highest BCUT2D eigenvalue weighted by Crippen LogP contribution is 2.36. The number of esters is 2. The second-order valence-electron chi connectivity index (χ2n) is 13.8. The molecular weight excluding hydrogens is 703 g/mol. The van der Waals surface area contributed by atoms with Gasteiger partial charge < -0.3 is 24.4 Å². The molecule has 0 aromatic heterocycles. The molecule has 0 radical (unpaired) electrons. The molecule has 0 spiro atoms. The van der Waals surface area contributed by atoms with E-state index >= 15 is 0 Å². The highest BCUT2D eigenvalue weighted by Gasteiger charge is 2.22. The van der Waals surface area contributed by atoms with Gasteiger partial charge >= 0.3 is 19.8 Å². The standard InChI is InChI=1S/C44H75O9P/c1-3-5-7-8-9-10-11-12-13-14-17-20-23-26-29-33-37-43(46)51-39-42(40-52-54(48,49)50)53-44(47)38-34-30-27-24-21-18-15-16-19-22-25-28-32-36-41(45)35-31-6-4-2/h6,16,18-19,21,25,27-28,30-32,36,41-42,45H,3-5,7-15,17,20,22-24,26,29,33-35,37-40H2,1-2H3,(H2,48,49,50)/b19-16-,21-18-,28-25+,30-27-,31-6-,36-32+/t41?,42-/m1/s1. The van der Waals surface area contributed by atoms with E-state index in [9.17, 15) is 19.3 Å². The summed E-state index contributed by atoms with van der Waals surface area (Å²) in [7, 11) is -4.79. The van der Waals surface area contributed by atoms with Crippen molar-refractivity contribution in [2.24, 2.45) is 0 Å². The smallest absolute Gasteiger partial charge is 0.462 e. The third-order valence-electron chi connectivity index (χ3n) is 8.58. The van der Waals surface area contributed by atoms with Crippen molar-refractivity contribution in [1.82, 2.24) is 0 Å². The van der Waals surface area contributed by atoms with Gasteiger partial charge in [0.05, 0.1) is 12.7 Å². The van der Waals surface area contributed by atoms with Gasteiger partial charge in [0, 0.05) is 12.8 Å². The highest BCUT2D eigenvalue weighted by atomic mass is 31.2. The topological polar surface area (TPSA) is 140 Å². The molecule has 0 aromatic carbocycles. The number of carbonyl (C=O) groups is 2. The van der Waals surface area contributed by atoms with Crippen LogP contribution in [-0.4, -0.2) is 52.3 Å². The molecule has 2 atom stereocenters.